The highest BCUT2D eigenvalue weighted by Gasteiger charge is 2.30. The molecule has 0 aliphatic carbocycles. The van der Waals surface area contributed by atoms with Gasteiger partial charge >= 0.3 is 0 Å². The van der Waals surface area contributed by atoms with Crippen LogP contribution in [0.5, 0.6) is 0 Å². The molecule has 0 radical (unpaired) electrons. The molecular formula is C12H10ClNO2. The van der Waals surface area contributed by atoms with Gasteiger partial charge in [0.15, 0.2) is 0 Å². The summed E-state index contributed by atoms with van der Waals surface area (Å²) < 4.78 is 0. The van der Waals surface area contributed by atoms with E-state index in [2.05, 4.69) is 0 Å². The molecule has 0 bridgehead atoms. The average Bonchev–Trinajstić information content (AvgIpc) is 2.47. The zero-order valence-corrected chi connectivity index (χ0v) is 9.71. The van der Waals surface area contributed by atoms with E-state index in [1.165, 1.54) is 6.08 Å². The van der Waals surface area contributed by atoms with Crippen molar-refractivity contribution < 1.29 is 9.59 Å². The van der Waals surface area contributed by atoms with Crippen LogP contribution in [0.4, 0.5) is 5.69 Å². The van der Waals surface area contributed by atoms with Crippen molar-refractivity contribution in [1.29, 1.82) is 0 Å². The van der Waals surface area contributed by atoms with Crippen LogP contribution in [0.1, 0.15) is 12.5 Å². The summed E-state index contributed by atoms with van der Waals surface area (Å²) in [4.78, 5) is 24.6. The Morgan fingerprint density at radius 1 is 1.19 bits per heavy atom. The topological polar surface area (TPSA) is 37.4 Å². The molecule has 2 rings (SSSR count). The van der Waals surface area contributed by atoms with Gasteiger partial charge in [0, 0.05) is 16.7 Å². The standard InChI is InChI=1S/C12H10ClNO2/c1-7-6-11(15)14(12(7)16)10-5-3-4-9(13)8(10)2/h3-6H,1-2H3. The molecule has 3 nitrogen and oxygen atoms in total. The molecule has 0 atom stereocenters. The maximum Gasteiger partial charge on any atom is 0.261 e. The minimum absolute atomic E-state index is 0.282. The molecule has 82 valence electrons. The van der Waals surface area contributed by atoms with Gasteiger partial charge in [-0.25, -0.2) is 4.90 Å². The van der Waals surface area contributed by atoms with Gasteiger partial charge in [0.25, 0.3) is 11.8 Å². The third-order valence-electron chi connectivity index (χ3n) is 2.58. The second kappa shape index (κ2) is 3.76. The molecule has 0 aromatic heterocycles. The minimum atomic E-state index is -0.312. The van der Waals surface area contributed by atoms with Crippen molar-refractivity contribution in [2.24, 2.45) is 0 Å². The normalized spacial score (nSPS) is 15.7. The van der Waals surface area contributed by atoms with Gasteiger partial charge in [0.05, 0.1) is 5.69 Å². The number of carbonyl (C=O) groups excluding carboxylic acids is 2. The Hall–Kier alpha value is -1.61. The van der Waals surface area contributed by atoms with E-state index in [0.717, 1.165) is 10.5 Å². The summed E-state index contributed by atoms with van der Waals surface area (Å²) in [6.45, 7) is 3.41. The van der Waals surface area contributed by atoms with Crippen molar-refractivity contribution in [3.05, 3.63) is 40.4 Å². The Kier molecular flexibility index (Phi) is 2.56. The SMILES string of the molecule is CC1=CC(=O)N(c2cccc(Cl)c2C)C1=O. The van der Waals surface area contributed by atoms with Gasteiger partial charge in [-0.15, -0.1) is 0 Å². The predicted molar refractivity (Wildman–Crippen MR) is 62.4 cm³/mol. The molecule has 2 amide bonds. The fourth-order valence-corrected chi connectivity index (χ4v) is 1.82. The molecule has 0 fully saturated rings. The van der Waals surface area contributed by atoms with Gasteiger partial charge in [0.2, 0.25) is 0 Å². The molecular weight excluding hydrogens is 226 g/mol. The van der Waals surface area contributed by atoms with Gasteiger partial charge in [0.1, 0.15) is 0 Å². The average molecular weight is 236 g/mol. The lowest BCUT2D eigenvalue weighted by molar-refractivity contribution is -0.120. The van der Waals surface area contributed by atoms with Crippen molar-refractivity contribution in [3.63, 3.8) is 0 Å². The van der Waals surface area contributed by atoms with Gasteiger partial charge in [-0.3, -0.25) is 9.59 Å². The Morgan fingerprint density at radius 2 is 1.88 bits per heavy atom. The van der Waals surface area contributed by atoms with E-state index < -0.39 is 0 Å². The number of imide groups is 1. The number of amides is 2. The molecule has 16 heavy (non-hydrogen) atoms. The first kappa shape index (κ1) is 10.9. The first-order valence-corrected chi connectivity index (χ1v) is 5.22. The Balaban J connectivity index is 2.51. The smallest absolute Gasteiger partial charge is 0.261 e. The molecule has 1 aliphatic heterocycles. The van der Waals surface area contributed by atoms with Crippen molar-refractivity contribution in [2.75, 3.05) is 4.90 Å². The van der Waals surface area contributed by atoms with Crippen LogP contribution in [0.25, 0.3) is 0 Å². The van der Waals surface area contributed by atoms with E-state index in [4.69, 9.17) is 11.6 Å². The molecule has 4 heteroatoms. The highest BCUT2D eigenvalue weighted by molar-refractivity contribution is 6.34. The van der Waals surface area contributed by atoms with Crippen LogP contribution >= 0.6 is 11.6 Å². The summed E-state index contributed by atoms with van der Waals surface area (Å²) in [5.74, 6) is -0.594. The molecule has 0 N–H and O–H groups in total. The summed E-state index contributed by atoms with van der Waals surface area (Å²) >= 11 is 5.96. The third-order valence-corrected chi connectivity index (χ3v) is 2.99. The summed E-state index contributed by atoms with van der Waals surface area (Å²) in [5, 5.41) is 0.544. The largest absolute Gasteiger partial charge is 0.269 e. The number of anilines is 1. The van der Waals surface area contributed by atoms with Crippen LogP contribution in [0.2, 0.25) is 5.02 Å². The predicted octanol–water partition coefficient (Wildman–Crippen LogP) is 2.47. The number of nitrogens with zero attached hydrogens (tertiary/aromatic N) is 1. The molecule has 1 aliphatic rings. The lowest BCUT2D eigenvalue weighted by Crippen LogP contribution is -2.31. The number of hydrogen-bond acceptors (Lipinski definition) is 2. The van der Waals surface area contributed by atoms with E-state index in [1.54, 1.807) is 32.0 Å². The van der Waals surface area contributed by atoms with Gasteiger partial charge < -0.3 is 0 Å². The van der Waals surface area contributed by atoms with E-state index in [9.17, 15) is 9.59 Å². The summed E-state index contributed by atoms with van der Waals surface area (Å²) in [5.41, 5.74) is 1.73. The number of halogens is 1. The van der Waals surface area contributed by atoms with Crippen LogP contribution in [0, 0.1) is 6.92 Å². The quantitative estimate of drug-likeness (QED) is 0.702. The maximum absolute atomic E-state index is 11.8. The van der Waals surface area contributed by atoms with E-state index >= 15 is 0 Å². The number of hydrogen-bond donors (Lipinski definition) is 0. The lowest BCUT2D eigenvalue weighted by atomic mass is 10.2. The first-order chi connectivity index (χ1) is 7.52. The van der Waals surface area contributed by atoms with Gasteiger partial charge in [-0.2, -0.15) is 0 Å². The summed E-state index contributed by atoms with van der Waals surface area (Å²) in [6.07, 6.45) is 1.34. The highest BCUT2D eigenvalue weighted by Crippen LogP contribution is 2.29. The number of benzene rings is 1. The monoisotopic (exact) mass is 235 g/mol. The van der Waals surface area contributed by atoms with E-state index in [-0.39, 0.29) is 11.8 Å². The second-order valence-corrected chi connectivity index (χ2v) is 4.10. The second-order valence-electron chi connectivity index (χ2n) is 3.69. The molecule has 0 spiro atoms. The van der Waals surface area contributed by atoms with Crippen LogP contribution in [0.3, 0.4) is 0 Å². The lowest BCUT2D eigenvalue weighted by Gasteiger charge is -2.17. The zero-order chi connectivity index (χ0) is 11.9. The zero-order valence-electron chi connectivity index (χ0n) is 8.95. The molecule has 0 saturated heterocycles. The van der Waals surface area contributed by atoms with Crippen LogP contribution in [0.15, 0.2) is 29.8 Å². The fourth-order valence-electron chi connectivity index (χ4n) is 1.65. The Morgan fingerprint density at radius 3 is 2.44 bits per heavy atom. The molecule has 1 aromatic rings. The number of rotatable bonds is 1. The first-order valence-electron chi connectivity index (χ1n) is 4.84. The van der Waals surface area contributed by atoms with Gasteiger partial charge in [-0.1, -0.05) is 17.7 Å². The highest BCUT2D eigenvalue weighted by atomic mass is 35.5. The maximum atomic E-state index is 11.8. The van der Waals surface area contributed by atoms with Crippen molar-refractivity contribution in [1.82, 2.24) is 0 Å². The van der Waals surface area contributed by atoms with E-state index in [1.807, 2.05) is 0 Å². The van der Waals surface area contributed by atoms with Crippen LogP contribution in [-0.4, -0.2) is 11.8 Å². The Labute approximate surface area is 98.3 Å². The third kappa shape index (κ3) is 1.53. The van der Waals surface area contributed by atoms with Crippen LogP contribution in [-0.2, 0) is 9.59 Å². The van der Waals surface area contributed by atoms with Crippen LogP contribution < -0.4 is 4.90 Å². The van der Waals surface area contributed by atoms with Gasteiger partial charge in [-0.05, 0) is 31.5 Å². The minimum Gasteiger partial charge on any atom is -0.269 e. The Bertz CT molecular complexity index is 520. The fraction of sp³-hybridized carbons (Fsp3) is 0.167. The van der Waals surface area contributed by atoms with Crippen molar-refractivity contribution in [2.45, 2.75) is 13.8 Å². The molecule has 0 saturated carbocycles. The molecule has 1 heterocycles. The summed E-state index contributed by atoms with van der Waals surface area (Å²) in [6, 6.07) is 5.16. The summed E-state index contributed by atoms with van der Waals surface area (Å²) in [7, 11) is 0. The van der Waals surface area contributed by atoms with E-state index in [0.29, 0.717) is 16.3 Å². The number of carbonyl (C=O) groups is 2. The molecule has 1 aromatic carbocycles. The van der Waals surface area contributed by atoms with Crippen molar-refractivity contribution >= 4 is 29.1 Å². The molecule has 0 unspecified atom stereocenters. The van der Waals surface area contributed by atoms with Crippen molar-refractivity contribution in [3.8, 4) is 0 Å².